The molecule has 0 fully saturated rings. The summed E-state index contributed by atoms with van der Waals surface area (Å²) in [5, 5.41) is 2.85. The minimum Gasteiger partial charge on any atom is -0.458 e. The van der Waals surface area contributed by atoms with Crippen LogP contribution < -0.4 is 25.9 Å². The maximum absolute atomic E-state index is 6.94. The highest BCUT2D eigenvalue weighted by Gasteiger charge is 2.45. The summed E-state index contributed by atoms with van der Waals surface area (Å²) in [4.78, 5) is 0. The van der Waals surface area contributed by atoms with Crippen LogP contribution in [0.5, 0.6) is 23.0 Å². The largest absolute Gasteiger partial charge is 0.458 e. The van der Waals surface area contributed by atoms with E-state index in [1.54, 1.807) is 5.56 Å². The van der Waals surface area contributed by atoms with Crippen LogP contribution in [0.1, 0.15) is 68.9 Å². The molecule has 1 aromatic heterocycles. The van der Waals surface area contributed by atoms with Crippen molar-refractivity contribution in [2.45, 2.75) is 64.7 Å². The number of fused-ring (bicyclic) bond motifs is 13. The molecule has 0 saturated carbocycles. The molecule has 10 rings (SSSR count). The van der Waals surface area contributed by atoms with Crippen molar-refractivity contribution in [2.75, 3.05) is 0 Å². The number of thiophene rings is 1. The number of aryl methyl sites for hydroxylation is 2. The molecule has 0 unspecified atom stereocenters. The van der Waals surface area contributed by atoms with Gasteiger partial charge < -0.3 is 9.47 Å². The molecule has 44 heavy (non-hydrogen) atoms. The molecule has 0 amide bonds. The Bertz CT molecular complexity index is 2280. The van der Waals surface area contributed by atoms with Gasteiger partial charge in [0.15, 0.2) is 0 Å². The number of hydrogen-bond donors (Lipinski definition) is 0. The van der Waals surface area contributed by atoms with Gasteiger partial charge in [-0.05, 0) is 111 Å². The Morgan fingerprint density at radius 1 is 0.750 bits per heavy atom. The fourth-order valence-corrected chi connectivity index (χ4v) is 9.92. The van der Waals surface area contributed by atoms with Crippen LogP contribution >= 0.6 is 11.3 Å². The van der Waals surface area contributed by atoms with Gasteiger partial charge in [-0.1, -0.05) is 71.0 Å². The smallest absolute Gasteiger partial charge is 0.262 e. The predicted molar refractivity (Wildman–Crippen MR) is 185 cm³/mol. The second kappa shape index (κ2) is 8.17. The molecule has 4 heteroatoms. The zero-order chi connectivity index (χ0) is 29.7. The molecule has 0 bridgehead atoms. The third-order valence-electron chi connectivity index (χ3n) is 10.9. The Morgan fingerprint density at radius 2 is 1.55 bits per heavy atom. The van der Waals surface area contributed by atoms with Crippen molar-refractivity contribution < 1.29 is 9.47 Å². The fourth-order valence-electron chi connectivity index (χ4n) is 8.62. The number of ether oxygens (including phenoxy) is 2. The van der Waals surface area contributed by atoms with E-state index in [0.717, 1.165) is 23.0 Å². The Kier molecular flexibility index (Phi) is 4.70. The van der Waals surface area contributed by atoms with Crippen molar-refractivity contribution in [1.29, 1.82) is 0 Å². The van der Waals surface area contributed by atoms with E-state index in [0.29, 0.717) is 0 Å². The van der Waals surface area contributed by atoms with Crippen molar-refractivity contribution >= 4 is 54.6 Å². The van der Waals surface area contributed by atoms with Gasteiger partial charge in [0.05, 0.1) is 0 Å². The first-order chi connectivity index (χ1) is 21.2. The van der Waals surface area contributed by atoms with Gasteiger partial charge in [0.25, 0.3) is 6.71 Å². The van der Waals surface area contributed by atoms with E-state index in [-0.39, 0.29) is 17.5 Å². The lowest BCUT2D eigenvalue weighted by Crippen LogP contribution is -2.57. The standard InChI is InChI=1S/C40H33BO2S/c1-39(2,3)22-17-32-36-33(18-22)43-31-19-26-24-10-6-7-12-27(24)40(4,5)28(26)20-29(31)41(36)37-30(42-32)15-14-25-35-23-11-8-9-21(23)13-16-34(35)44-38(25)37/h6-7,10,12-20H,8-9,11H2,1-5H3. The third-order valence-corrected chi connectivity index (χ3v) is 12.1. The van der Waals surface area contributed by atoms with Crippen LogP contribution in [0.25, 0.3) is 31.3 Å². The van der Waals surface area contributed by atoms with Gasteiger partial charge in [0.1, 0.15) is 23.0 Å². The molecule has 0 radical (unpaired) electrons. The first kappa shape index (κ1) is 25.3. The summed E-state index contributed by atoms with van der Waals surface area (Å²) in [7, 11) is 0. The average Bonchev–Trinajstić information content (AvgIpc) is 3.68. The van der Waals surface area contributed by atoms with E-state index < -0.39 is 0 Å². The van der Waals surface area contributed by atoms with Crippen LogP contribution in [-0.4, -0.2) is 6.71 Å². The minimum atomic E-state index is -0.0850. The van der Waals surface area contributed by atoms with Crippen molar-refractivity contribution in [1.82, 2.24) is 0 Å². The first-order valence-electron chi connectivity index (χ1n) is 16.0. The maximum Gasteiger partial charge on any atom is 0.262 e. The van der Waals surface area contributed by atoms with E-state index in [2.05, 4.69) is 107 Å². The normalized spacial score (nSPS) is 16.5. The number of benzene rings is 5. The van der Waals surface area contributed by atoms with Gasteiger partial charge in [-0.3, -0.25) is 0 Å². The van der Waals surface area contributed by atoms with Crippen LogP contribution in [0.15, 0.2) is 72.8 Å². The average molecular weight is 589 g/mol. The molecule has 214 valence electrons. The lowest BCUT2D eigenvalue weighted by molar-refractivity contribution is 0.458. The molecular formula is C40H33BO2S. The zero-order valence-electron chi connectivity index (χ0n) is 25.9. The molecule has 2 aliphatic heterocycles. The Balaban J connectivity index is 1.30. The Hall–Kier alpha value is -4.02. The lowest BCUT2D eigenvalue weighted by atomic mass is 9.34. The first-order valence-corrected chi connectivity index (χ1v) is 16.8. The molecule has 2 nitrogen and oxygen atoms in total. The third kappa shape index (κ3) is 3.12. The summed E-state index contributed by atoms with van der Waals surface area (Å²) in [5.74, 6) is 3.81. The van der Waals surface area contributed by atoms with Gasteiger partial charge in [0.2, 0.25) is 0 Å². The fraction of sp³-hybridized carbons (Fsp3) is 0.250. The lowest BCUT2D eigenvalue weighted by Gasteiger charge is -2.35. The van der Waals surface area contributed by atoms with E-state index in [1.807, 2.05) is 11.3 Å². The number of rotatable bonds is 0. The highest BCUT2D eigenvalue weighted by molar-refractivity contribution is 7.28. The van der Waals surface area contributed by atoms with E-state index >= 15 is 0 Å². The molecule has 0 spiro atoms. The zero-order valence-corrected chi connectivity index (χ0v) is 26.7. The molecular weight excluding hydrogens is 555 g/mol. The molecule has 4 aliphatic rings. The summed E-state index contributed by atoms with van der Waals surface area (Å²) >= 11 is 1.94. The summed E-state index contributed by atoms with van der Waals surface area (Å²) in [5.41, 5.74) is 13.3. The van der Waals surface area contributed by atoms with Crippen molar-refractivity contribution in [2.24, 2.45) is 0 Å². The minimum absolute atomic E-state index is 0.0367. The summed E-state index contributed by atoms with van der Waals surface area (Å²) in [6.45, 7) is 11.6. The van der Waals surface area contributed by atoms with Gasteiger partial charge in [-0.15, -0.1) is 11.3 Å². The van der Waals surface area contributed by atoms with E-state index in [9.17, 15) is 0 Å². The molecule has 6 aromatic rings. The molecule has 3 heterocycles. The molecule has 2 aliphatic carbocycles. The van der Waals surface area contributed by atoms with Crippen molar-refractivity contribution in [3.05, 3.63) is 101 Å². The van der Waals surface area contributed by atoms with Gasteiger partial charge in [0, 0.05) is 31.1 Å². The maximum atomic E-state index is 6.94. The predicted octanol–water partition coefficient (Wildman–Crippen LogP) is 8.87. The van der Waals surface area contributed by atoms with E-state index in [1.165, 1.54) is 89.2 Å². The monoisotopic (exact) mass is 588 g/mol. The van der Waals surface area contributed by atoms with Crippen LogP contribution in [0.3, 0.4) is 0 Å². The van der Waals surface area contributed by atoms with Crippen LogP contribution in [0, 0.1) is 0 Å². The van der Waals surface area contributed by atoms with E-state index in [4.69, 9.17) is 9.47 Å². The van der Waals surface area contributed by atoms with Gasteiger partial charge in [-0.2, -0.15) is 0 Å². The SMILES string of the molecule is CC(C)(C)c1cc2c3c(c1)Oc1ccc4c(sc5ccc6c(c54)CCC6)c1B3c1cc3c(cc1O2)-c1ccccc1C3(C)C. The Morgan fingerprint density at radius 3 is 2.36 bits per heavy atom. The second-order valence-corrected chi connectivity index (χ2v) is 15.8. The van der Waals surface area contributed by atoms with Crippen LogP contribution in [0.4, 0.5) is 0 Å². The molecule has 0 atom stereocenters. The van der Waals surface area contributed by atoms with Crippen molar-refractivity contribution in [3.8, 4) is 34.1 Å². The molecule has 5 aromatic carbocycles. The quantitative estimate of drug-likeness (QED) is 0.165. The molecule has 0 N–H and O–H groups in total. The Labute approximate surface area is 262 Å². The van der Waals surface area contributed by atoms with Gasteiger partial charge in [-0.25, -0.2) is 0 Å². The van der Waals surface area contributed by atoms with Gasteiger partial charge >= 0.3 is 0 Å². The second-order valence-electron chi connectivity index (χ2n) is 14.8. The van der Waals surface area contributed by atoms with Crippen LogP contribution in [0.2, 0.25) is 0 Å². The summed E-state index contributed by atoms with van der Waals surface area (Å²) in [6, 6.07) is 27.5. The number of hydrogen-bond acceptors (Lipinski definition) is 3. The highest BCUT2D eigenvalue weighted by atomic mass is 32.1. The van der Waals surface area contributed by atoms with Crippen molar-refractivity contribution in [3.63, 3.8) is 0 Å². The highest BCUT2D eigenvalue weighted by Crippen LogP contribution is 2.51. The summed E-state index contributed by atoms with van der Waals surface area (Å²) in [6.07, 6.45) is 3.62. The topological polar surface area (TPSA) is 18.5 Å². The van der Waals surface area contributed by atoms with Crippen LogP contribution in [-0.2, 0) is 23.7 Å². The summed E-state index contributed by atoms with van der Waals surface area (Å²) < 4.78 is 16.6. The molecule has 0 saturated heterocycles.